The molecule has 1 aromatic rings. The number of hydrazone groups is 1. The highest BCUT2D eigenvalue weighted by molar-refractivity contribution is 6.45. The number of hydrogen-bond acceptors (Lipinski definition) is 5. The number of hydrogen-bond donors (Lipinski definition) is 1. The molecule has 2 heterocycles. The molecule has 0 spiro atoms. The second kappa shape index (κ2) is 5.44. The molecular weight excluding hydrogens is 245 g/mol. The van der Waals surface area contributed by atoms with Crippen LogP contribution in [0, 0.1) is 12.7 Å². The molecule has 1 fully saturated rings. The third kappa shape index (κ3) is 2.78. The van der Waals surface area contributed by atoms with Gasteiger partial charge in [-0.25, -0.2) is 14.4 Å². The number of nitrogens with two attached hydrogens (primary N) is 1. The van der Waals surface area contributed by atoms with Gasteiger partial charge in [-0.15, -0.1) is 0 Å². The summed E-state index contributed by atoms with van der Waals surface area (Å²) in [4.78, 5) is 10.6. The van der Waals surface area contributed by atoms with Crippen LogP contribution in [-0.2, 0) is 0 Å². The minimum atomic E-state index is -0.326. The lowest BCUT2D eigenvalue weighted by atomic mass is 9.99. The quantitative estimate of drug-likeness (QED) is 0.618. The molecule has 0 amide bonds. The van der Waals surface area contributed by atoms with Gasteiger partial charge in [0.2, 0.25) is 0 Å². The molecule has 1 saturated heterocycles. The maximum Gasteiger partial charge on any atom is 0.152 e. The van der Waals surface area contributed by atoms with Gasteiger partial charge in [-0.3, -0.25) is 4.90 Å². The highest BCUT2D eigenvalue weighted by Crippen LogP contribution is 2.17. The molecule has 0 bridgehead atoms. The van der Waals surface area contributed by atoms with Crippen LogP contribution in [0.3, 0.4) is 0 Å². The maximum absolute atomic E-state index is 13.2. The van der Waals surface area contributed by atoms with Crippen molar-refractivity contribution in [2.75, 3.05) is 13.6 Å². The zero-order valence-corrected chi connectivity index (χ0v) is 11.4. The Labute approximate surface area is 112 Å². The van der Waals surface area contributed by atoms with E-state index in [0.29, 0.717) is 11.4 Å². The number of aryl methyl sites for hydroxylation is 1. The highest BCUT2D eigenvalue weighted by atomic mass is 19.1. The molecular formula is C13H18FN5. The van der Waals surface area contributed by atoms with E-state index >= 15 is 0 Å². The van der Waals surface area contributed by atoms with Gasteiger partial charge >= 0.3 is 0 Å². The fourth-order valence-corrected chi connectivity index (χ4v) is 2.07. The summed E-state index contributed by atoms with van der Waals surface area (Å²) in [6.45, 7) is 4.61. The molecule has 0 saturated carbocycles. The van der Waals surface area contributed by atoms with Crippen molar-refractivity contribution < 1.29 is 4.39 Å². The first kappa shape index (κ1) is 13.6. The third-order valence-corrected chi connectivity index (χ3v) is 3.47. The Morgan fingerprint density at radius 3 is 2.89 bits per heavy atom. The minimum Gasteiger partial charge on any atom is -0.323 e. The van der Waals surface area contributed by atoms with Crippen molar-refractivity contribution in [2.45, 2.75) is 26.3 Å². The van der Waals surface area contributed by atoms with Crippen molar-refractivity contribution in [3.63, 3.8) is 0 Å². The number of aliphatic imine (C=N–C) groups is 1. The number of aromatic nitrogens is 1. The van der Waals surface area contributed by atoms with E-state index in [9.17, 15) is 4.39 Å². The third-order valence-electron chi connectivity index (χ3n) is 3.47. The molecule has 1 atom stereocenters. The van der Waals surface area contributed by atoms with Crippen molar-refractivity contribution in [3.05, 3.63) is 23.6 Å². The fourth-order valence-electron chi connectivity index (χ4n) is 2.07. The van der Waals surface area contributed by atoms with Crippen LogP contribution < -0.4 is 5.84 Å². The molecule has 1 aromatic heterocycles. The lowest BCUT2D eigenvalue weighted by molar-refractivity contribution is 0.313. The first-order chi connectivity index (χ1) is 9.02. The van der Waals surface area contributed by atoms with E-state index in [0.717, 1.165) is 24.4 Å². The van der Waals surface area contributed by atoms with Crippen molar-refractivity contribution in [1.82, 2.24) is 9.88 Å². The Bertz CT molecular complexity index is 538. The summed E-state index contributed by atoms with van der Waals surface area (Å²) in [5, 5.41) is 3.84. The minimum absolute atomic E-state index is 0.124. The topological polar surface area (TPSA) is 66.9 Å². The van der Waals surface area contributed by atoms with Crippen LogP contribution in [0.2, 0.25) is 0 Å². The van der Waals surface area contributed by atoms with Gasteiger partial charge in [0, 0.05) is 13.0 Å². The summed E-state index contributed by atoms with van der Waals surface area (Å²) in [6, 6.07) is 1.75. The van der Waals surface area contributed by atoms with Gasteiger partial charge in [0.15, 0.2) is 5.82 Å². The highest BCUT2D eigenvalue weighted by Gasteiger charge is 2.26. The number of halogens is 1. The van der Waals surface area contributed by atoms with Crippen LogP contribution >= 0.6 is 0 Å². The largest absolute Gasteiger partial charge is 0.323 e. The Morgan fingerprint density at radius 1 is 1.53 bits per heavy atom. The second-order valence-corrected chi connectivity index (χ2v) is 4.77. The average Bonchev–Trinajstić information content (AvgIpc) is 2.39. The van der Waals surface area contributed by atoms with Crippen LogP contribution in [0.1, 0.15) is 18.9 Å². The van der Waals surface area contributed by atoms with E-state index in [2.05, 4.69) is 20.0 Å². The van der Waals surface area contributed by atoms with Crippen LogP contribution in [0.4, 0.5) is 10.2 Å². The zero-order valence-electron chi connectivity index (χ0n) is 11.4. The summed E-state index contributed by atoms with van der Waals surface area (Å²) < 4.78 is 13.2. The lowest BCUT2D eigenvalue weighted by Gasteiger charge is -2.31. The van der Waals surface area contributed by atoms with E-state index in [1.54, 1.807) is 13.0 Å². The van der Waals surface area contributed by atoms with Crippen molar-refractivity contribution in [2.24, 2.45) is 15.9 Å². The normalized spacial score (nSPS) is 25.2. The number of pyridine rings is 1. The first-order valence-corrected chi connectivity index (χ1v) is 6.21. The Balaban J connectivity index is 2.34. The van der Waals surface area contributed by atoms with Gasteiger partial charge < -0.3 is 5.84 Å². The molecule has 1 aliphatic rings. The van der Waals surface area contributed by atoms with E-state index in [-0.39, 0.29) is 11.9 Å². The molecule has 102 valence electrons. The predicted molar refractivity (Wildman–Crippen MR) is 74.4 cm³/mol. The molecule has 1 unspecified atom stereocenters. The van der Waals surface area contributed by atoms with E-state index in [4.69, 9.17) is 5.84 Å². The van der Waals surface area contributed by atoms with Crippen LogP contribution in [0.15, 0.2) is 22.4 Å². The van der Waals surface area contributed by atoms with Crippen LogP contribution in [0.25, 0.3) is 0 Å². The number of rotatable bonds is 1. The summed E-state index contributed by atoms with van der Waals surface area (Å²) in [5.41, 5.74) is 2.12. The molecule has 0 aliphatic carbocycles. The van der Waals surface area contributed by atoms with Crippen molar-refractivity contribution in [1.29, 1.82) is 0 Å². The Kier molecular flexibility index (Phi) is 3.90. The molecule has 0 aromatic carbocycles. The Hall–Kier alpha value is -1.82. The van der Waals surface area contributed by atoms with Gasteiger partial charge in [-0.2, -0.15) is 5.10 Å². The van der Waals surface area contributed by atoms with Gasteiger partial charge in [0.25, 0.3) is 0 Å². The van der Waals surface area contributed by atoms with Gasteiger partial charge in [0.1, 0.15) is 5.82 Å². The first-order valence-electron chi connectivity index (χ1n) is 6.21. The molecule has 0 radical (unpaired) electrons. The standard InChI is InChI=1S/C13H18FN5/c1-8-6-12(16-7-10(8)14)17-11-4-5-19(3)9(2)13(11)18-15/h6-7,9H,4-5,15H2,1-3H3. The molecule has 6 heteroatoms. The van der Waals surface area contributed by atoms with Crippen LogP contribution in [-0.4, -0.2) is 40.9 Å². The van der Waals surface area contributed by atoms with Gasteiger partial charge in [0.05, 0.1) is 23.7 Å². The Morgan fingerprint density at radius 2 is 2.26 bits per heavy atom. The van der Waals surface area contributed by atoms with Gasteiger partial charge in [-0.05, 0) is 32.5 Å². The van der Waals surface area contributed by atoms with Gasteiger partial charge in [-0.1, -0.05) is 0 Å². The summed E-state index contributed by atoms with van der Waals surface area (Å²) >= 11 is 0. The van der Waals surface area contributed by atoms with E-state index in [1.165, 1.54) is 6.20 Å². The van der Waals surface area contributed by atoms with E-state index < -0.39 is 0 Å². The molecule has 19 heavy (non-hydrogen) atoms. The van der Waals surface area contributed by atoms with Crippen molar-refractivity contribution in [3.8, 4) is 0 Å². The number of nitrogens with zero attached hydrogens (tertiary/aromatic N) is 4. The average molecular weight is 263 g/mol. The summed E-state index contributed by atoms with van der Waals surface area (Å²) in [5.74, 6) is 5.62. The molecule has 2 rings (SSSR count). The number of piperidine rings is 1. The second-order valence-electron chi connectivity index (χ2n) is 4.77. The number of likely N-dealkylation sites (tertiary alicyclic amines) is 1. The SMILES string of the molecule is Cc1cc(N=C2CCN(C)C(C)C2=NN)ncc1F. The van der Waals surface area contributed by atoms with E-state index in [1.807, 2.05) is 14.0 Å². The molecule has 5 nitrogen and oxygen atoms in total. The lowest BCUT2D eigenvalue weighted by Crippen LogP contribution is -2.46. The monoisotopic (exact) mass is 263 g/mol. The van der Waals surface area contributed by atoms with Crippen LogP contribution in [0.5, 0.6) is 0 Å². The smallest absolute Gasteiger partial charge is 0.152 e. The predicted octanol–water partition coefficient (Wildman–Crippen LogP) is 1.64. The van der Waals surface area contributed by atoms with Crippen molar-refractivity contribution >= 4 is 17.2 Å². The molecule has 2 N–H and O–H groups in total. The zero-order chi connectivity index (χ0) is 14.0. The maximum atomic E-state index is 13.2. The summed E-state index contributed by atoms with van der Waals surface area (Å²) in [7, 11) is 2.02. The molecule has 1 aliphatic heterocycles. The fraction of sp³-hybridized carbons (Fsp3) is 0.462. The summed E-state index contributed by atoms with van der Waals surface area (Å²) in [6.07, 6.45) is 1.95.